The van der Waals surface area contributed by atoms with Crippen LogP contribution >= 0.6 is 11.6 Å². The van der Waals surface area contributed by atoms with Crippen molar-refractivity contribution in [2.45, 2.75) is 19.3 Å². The van der Waals surface area contributed by atoms with Gasteiger partial charge >= 0.3 is 6.09 Å². The molecule has 3 aromatic carbocycles. The molecule has 1 unspecified atom stereocenters. The number of ether oxygens (including phenoxy) is 2. The highest BCUT2D eigenvalue weighted by molar-refractivity contribution is 6.36. The topological polar surface area (TPSA) is 38.8 Å². The lowest BCUT2D eigenvalue weighted by molar-refractivity contribution is -0.0297. The summed E-state index contributed by atoms with van der Waals surface area (Å²) in [4.78, 5) is 13.9. The van der Waals surface area contributed by atoms with Crippen LogP contribution in [-0.4, -0.2) is 24.3 Å². The molecule has 0 aliphatic carbocycles. The molecule has 4 rings (SSSR count). The van der Waals surface area contributed by atoms with Crippen LogP contribution in [0.5, 0.6) is 5.75 Å². The standard InChI is InChI=1S/C21H18ClNO3/c1-23(13-14-7-3-2-4-8-14)21(24)26-19-12-15-11-18(22)16-9-5-6-10-17(16)20(15)25-19/h2-11,19H,12-13H2,1H3. The number of amides is 1. The van der Waals surface area contributed by atoms with Crippen molar-refractivity contribution >= 4 is 28.5 Å². The van der Waals surface area contributed by atoms with Crippen molar-refractivity contribution < 1.29 is 14.3 Å². The first-order valence-corrected chi connectivity index (χ1v) is 8.82. The molecular formula is C21H18ClNO3. The van der Waals surface area contributed by atoms with E-state index < -0.39 is 12.4 Å². The number of carbonyl (C=O) groups excluding carboxylic acids is 1. The van der Waals surface area contributed by atoms with Gasteiger partial charge in [0.2, 0.25) is 6.29 Å². The lowest BCUT2D eigenvalue weighted by Gasteiger charge is -2.20. The van der Waals surface area contributed by atoms with Crippen LogP contribution in [0.4, 0.5) is 4.79 Å². The summed E-state index contributed by atoms with van der Waals surface area (Å²) in [5.74, 6) is 0.744. The lowest BCUT2D eigenvalue weighted by atomic mass is 10.0. The van der Waals surface area contributed by atoms with Crippen LogP contribution in [0.3, 0.4) is 0 Å². The van der Waals surface area contributed by atoms with Crippen molar-refractivity contribution in [2.75, 3.05) is 7.05 Å². The minimum Gasteiger partial charge on any atom is -0.453 e. The van der Waals surface area contributed by atoms with E-state index in [-0.39, 0.29) is 0 Å². The largest absolute Gasteiger partial charge is 0.453 e. The van der Waals surface area contributed by atoms with E-state index in [0.717, 1.165) is 27.6 Å². The van der Waals surface area contributed by atoms with Crippen LogP contribution in [0.2, 0.25) is 5.02 Å². The third-order valence-corrected chi connectivity index (χ3v) is 4.78. The summed E-state index contributed by atoms with van der Waals surface area (Å²) in [6.45, 7) is 0.480. The van der Waals surface area contributed by atoms with Crippen molar-refractivity contribution in [1.82, 2.24) is 4.90 Å². The van der Waals surface area contributed by atoms with Gasteiger partial charge in [-0.25, -0.2) is 4.79 Å². The third kappa shape index (κ3) is 3.20. The highest BCUT2D eigenvalue weighted by Crippen LogP contribution is 2.40. The number of carbonyl (C=O) groups is 1. The molecule has 0 N–H and O–H groups in total. The van der Waals surface area contributed by atoms with Crippen molar-refractivity contribution in [3.05, 3.63) is 76.8 Å². The van der Waals surface area contributed by atoms with Gasteiger partial charge in [0.1, 0.15) is 5.75 Å². The Hall–Kier alpha value is -2.72. The van der Waals surface area contributed by atoms with Crippen LogP contribution in [-0.2, 0) is 17.7 Å². The Kier molecular flexibility index (Phi) is 4.43. The quantitative estimate of drug-likeness (QED) is 0.652. The number of benzene rings is 3. The van der Waals surface area contributed by atoms with Gasteiger partial charge in [-0.1, -0.05) is 66.2 Å². The second kappa shape index (κ2) is 6.89. The maximum absolute atomic E-state index is 12.4. The smallest absolute Gasteiger partial charge is 0.412 e. The Balaban J connectivity index is 1.47. The van der Waals surface area contributed by atoms with E-state index in [1.165, 1.54) is 4.90 Å². The summed E-state index contributed by atoms with van der Waals surface area (Å²) in [6, 6.07) is 19.5. The van der Waals surface area contributed by atoms with E-state index >= 15 is 0 Å². The van der Waals surface area contributed by atoms with Gasteiger partial charge in [0, 0.05) is 35.0 Å². The molecule has 132 valence electrons. The summed E-state index contributed by atoms with van der Waals surface area (Å²) >= 11 is 6.36. The average Bonchev–Trinajstić information content (AvgIpc) is 3.05. The van der Waals surface area contributed by atoms with Crippen LogP contribution in [0, 0.1) is 0 Å². The van der Waals surface area contributed by atoms with Crippen molar-refractivity contribution in [1.29, 1.82) is 0 Å². The fraction of sp³-hybridized carbons (Fsp3) is 0.190. The zero-order chi connectivity index (χ0) is 18.1. The maximum Gasteiger partial charge on any atom is 0.412 e. The molecule has 3 aromatic rings. The minimum absolute atomic E-state index is 0.415. The highest BCUT2D eigenvalue weighted by Gasteiger charge is 2.29. The van der Waals surface area contributed by atoms with Gasteiger partial charge in [0.25, 0.3) is 0 Å². The summed E-state index contributed by atoms with van der Waals surface area (Å²) in [7, 11) is 1.71. The van der Waals surface area contributed by atoms with E-state index in [1.54, 1.807) is 7.05 Å². The van der Waals surface area contributed by atoms with Crippen LogP contribution in [0.1, 0.15) is 11.1 Å². The number of halogens is 1. The van der Waals surface area contributed by atoms with Gasteiger partial charge in [0.15, 0.2) is 0 Å². The van der Waals surface area contributed by atoms with Crippen LogP contribution in [0.15, 0.2) is 60.7 Å². The van der Waals surface area contributed by atoms with E-state index in [0.29, 0.717) is 18.0 Å². The first-order valence-electron chi connectivity index (χ1n) is 8.44. The first kappa shape index (κ1) is 16.7. The van der Waals surface area contributed by atoms with Crippen molar-refractivity contribution in [3.63, 3.8) is 0 Å². The average molecular weight is 368 g/mol. The predicted octanol–water partition coefficient (Wildman–Crippen LogP) is 5.02. The van der Waals surface area contributed by atoms with Gasteiger partial charge in [-0.05, 0) is 11.6 Å². The van der Waals surface area contributed by atoms with Gasteiger partial charge in [-0.3, -0.25) is 0 Å². The van der Waals surface area contributed by atoms with Gasteiger partial charge in [-0.2, -0.15) is 0 Å². The molecule has 0 radical (unpaired) electrons. The summed E-state index contributed by atoms with van der Waals surface area (Å²) < 4.78 is 11.5. The molecule has 0 saturated carbocycles. The fourth-order valence-corrected chi connectivity index (χ4v) is 3.49. The summed E-state index contributed by atoms with van der Waals surface area (Å²) in [6.07, 6.45) is -0.565. The molecule has 1 atom stereocenters. The minimum atomic E-state index is -0.641. The zero-order valence-corrected chi connectivity index (χ0v) is 15.1. The second-order valence-corrected chi connectivity index (χ2v) is 6.78. The zero-order valence-electron chi connectivity index (χ0n) is 14.3. The second-order valence-electron chi connectivity index (χ2n) is 6.37. The van der Waals surface area contributed by atoms with E-state index in [1.807, 2.05) is 60.7 Å². The number of hydrogen-bond acceptors (Lipinski definition) is 3. The molecular weight excluding hydrogens is 350 g/mol. The Morgan fingerprint density at radius 3 is 2.62 bits per heavy atom. The van der Waals surface area contributed by atoms with Crippen LogP contribution < -0.4 is 4.74 Å². The fourth-order valence-electron chi connectivity index (χ4n) is 3.19. The predicted molar refractivity (Wildman–Crippen MR) is 101 cm³/mol. The molecule has 5 heteroatoms. The third-order valence-electron chi connectivity index (χ3n) is 4.46. The van der Waals surface area contributed by atoms with E-state index in [2.05, 4.69) is 0 Å². The Morgan fingerprint density at radius 2 is 1.85 bits per heavy atom. The van der Waals surface area contributed by atoms with E-state index in [9.17, 15) is 4.79 Å². The molecule has 1 heterocycles. The van der Waals surface area contributed by atoms with Crippen LogP contribution in [0.25, 0.3) is 10.8 Å². The Morgan fingerprint density at radius 1 is 1.15 bits per heavy atom. The molecule has 0 bridgehead atoms. The number of nitrogens with zero attached hydrogens (tertiary/aromatic N) is 1. The highest BCUT2D eigenvalue weighted by atomic mass is 35.5. The van der Waals surface area contributed by atoms with Crippen molar-refractivity contribution in [3.8, 4) is 5.75 Å². The molecule has 26 heavy (non-hydrogen) atoms. The monoisotopic (exact) mass is 367 g/mol. The van der Waals surface area contributed by atoms with E-state index in [4.69, 9.17) is 21.1 Å². The molecule has 0 aromatic heterocycles. The van der Waals surface area contributed by atoms with Gasteiger partial charge in [-0.15, -0.1) is 0 Å². The SMILES string of the molecule is CN(Cc1ccccc1)C(=O)OC1Cc2cc(Cl)c3ccccc3c2O1. The number of hydrogen-bond donors (Lipinski definition) is 0. The molecule has 1 amide bonds. The summed E-state index contributed by atoms with van der Waals surface area (Å²) in [5, 5.41) is 2.54. The van der Waals surface area contributed by atoms with Crippen molar-refractivity contribution in [2.24, 2.45) is 0 Å². The molecule has 0 saturated heterocycles. The Labute approximate surface area is 156 Å². The molecule has 4 nitrogen and oxygen atoms in total. The summed E-state index contributed by atoms with van der Waals surface area (Å²) in [5.41, 5.74) is 2.00. The number of fused-ring (bicyclic) bond motifs is 3. The van der Waals surface area contributed by atoms with Gasteiger partial charge < -0.3 is 14.4 Å². The lowest BCUT2D eigenvalue weighted by Crippen LogP contribution is -2.32. The molecule has 0 fully saturated rings. The maximum atomic E-state index is 12.4. The molecule has 1 aliphatic rings. The Bertz CT molecular complexity index is 958. The molecule has 0 spiro atoms. The first-order chi connectivity index (χ1) is 12.6. The normalized spacial score (nSPS) is 15.4. The van der Waals surface area contributed by atoms with Gasteiger partial charge in [0.05, 0.1) is 6.42 Å². The molecule has 1 aliphatic heterocycles. The number of rotatable bonds is 3.